The summed E-state index contributed by atoms with van der Waals surface area (Å²) < 4.78 is 67.6. The summed E-state index contributed by atoms with van der Waals surface area (Å²) >= 11 is 0. The zero-order valence-corrected chi connectivity index (χ0v) is 13.4. The summed E-state index contributed by atoms with van der Waals surface area (Å²) in [6, 6.07) is 10.4. The van der Waals surface area contributed by atoms with Crippen molar-refractivity contribution < 1.29 is 36.5 Å². The lowest BCUT2D eigenvalue weighted by Gasteiger charge is -2.35. The molecule has 2 aromatic rings. The van der Waals surface area contributed by atoms with Crippen LogP contribution < -0.4 is 10.0 Å². The number of carbonyl (C=O) groups excluding carboxylic acids is 2. The Morgan fingerprint density at radius 3 is 1.69 bits per heavy atom. The number of anilines is 2. The number of nitrogens with zero attached hydrogens (tertiary/aromatic N) is 1. The second-order valence-electron chi connectivity index (χ2n) is 5.28. The van der Waals surface area contributed by atoms with E-state index in [2.05, 4.69) is 0 Å². The van der Waals surface area contributed by atoms with Gasteiger partial charge in [-0.2, -0.15) is 17.6 Å². The highest BCUT2D eigenvalue weighted by Gasteiger charge is 2.65. The maximum Gasteiger partial charge on any atom is 0.392 e. The Morgan fingerprint density at radius 2 is 1.27 bits per heavy atom. The smallest absolute Gasteiger partial charge is 0.392 e. The number of carboxylic acid groups (broad SMARTS) is 1. The van der Waals surface area contributed by atoms with Crippen molar-refractivity contribution in [3.63, 3.8) is 0 Å². The van der Waals surface area contributed by atoms with E-state index in [0.29, 0.717) is 0 Å². The maximum atomic E-state index is 14.1. The number of aliphatic carboxylic acids is 1. The van der Waals surface area contributed by atoms with Crippen molar-refractivity contribution in [2.75, 3.05) is 4.90 Å². The topological polar surface area (TPSA) is 77.5 Å². The molecule has 0 radical (unpaired) electrons. The van der Waals surface area contributed by atoms with Crippen LogP contribution in [0.15, 0.2) is 58.3 Å². The Kier molecular flexibility index (Phi) is 4.10. The third-order valence-electron chi connectivity index (χ3n) is 3.73. The lowest BCUT2D eigenvalue weighted by molar-refractivity contribution is -0.344. The van der Waals surface area contributed by atoms with Gasteiger partial charge in [0.05, 0.1) is 32.0 Å². The number of hydrogen-bond acceptors (Lipinski definition) is 4. The largest absolute Gasteiger partial charge is 0.544 e. The first kappa shape index (κ1) is 18.1. The second-order valence-corrected chi connectivity index (χ2v) is 6.70. The molecule has 136 valence electrons. The maximum absolute atomic E-state index is 14.1. The van der Waals surface area contributed by atoms with Gasteiger partial charge in [-0.05, 0) is 24.3 Å². The van der Waals surface area contributed by atoms with E-state index < -0.39 is 34.5 Å². The van der Waals surface area contributed by atoms with E-state index in [0.717, 1.165) is 12.1 Å². The molecule has 0 aliphatic carbocycles. The van der Waals surface area contributed by atoms with E-state index in [4.69, 9.17) is 0 Å². The van der Waals surface area contributed by atoms with Crippen molar-refractivity contribution in [3.8, 4) is 0 Å². The average Bonchev–Trinajstić information content (AvgIpc) is 2.61. The van der Waals surface area contributed by atoms with E-state index in [1.165, 1.54) is 36.4 Å². The van der Waals surface area contributed by atoms with Crippen LogP contribution in [0.4, 0.5) is 28.9 Å². The monoisotopic (exact) mass is 386 g/mol. The fourth-order valence-electron chi connectivity index (χ4n) is 2.47. The Labute approximate surface area is 146 Å². The predicted molar refractivity (Wildman–Crippen MR) is 79.6 cm³/mol. The number of carboxylic acids is 1. The molecule has 0 atom stereocenters. The molecule has 0 bridgehead atoms. The van der Waals surface area contributed by atoms with Crippen LogP contribution in [0.25, 0.3) is 0 Å². The summed E-state index contributed by atoms with van der Waals surface area (Å²) in [6.07, 6.45) is 0. The average molecular weight is 386 g/mol. The fourth-order valence-corrected chi connectivity index (χ4v) is 3.81. The van der Waals surface area contributed by atoms with Crippen LogP contribution in [0, 0.1) is 0 Å². The van der Waals surface area contributed by atoms with Gasteiger partial charge in [0.25, 0.3) is 0 Å². The van der Waals surface area contributed by atoms with Gasteiger partial charge in [-0.1, -0.05) is 24.3 Å². The first-order chi connectivity index (χ1) is 12.1. The Balaban J connectivity index is 2.23. The molecule has 5 nitrogen and oxygen atoms in total. The number of benzene rings is 2. The summed E-state index contributed by atoms with van der Waals surface area (Å²) in [5.41, 5.74) is -0.605. The molecular formula is C16H8F4NO4S-. The van der Waals surface area contributed by atoms with Crippen molar-refractivity contribution in [1.82, 2.24) is 0 Å². The summed E-state index contributed by atoms with van der Waals surface area (Å²) in [4.78, 5) is 22.9. The third kappa shape index (κ3) is 2.40. The predicted octanol–water partition coefficient (Wildman–Crippen LogP) is 1.85. The normalized spacial score (nSPS) is 14.5. The van der Waals surface area contributed by atoms with E-state index in [1.54, 1.807) is 0 Å². The quantitative estimate of drug-likeness (QED) is 0.755. The molecule has 26 heavy (non-hydrogen) atoms. The van der Waals surface area contributed by atoms with Gasteiger partial charge in [-0.25, -0.2) is 4.21 Å². The SMILES string of the molecule is O=C([O-])C(F)(F)C(F)(F)C(=O)N1c2ccccc2S(=O)c2ccccc21. The first-order valence-corrected chi connectivity index (χ1v) is 8.17. The second kappa shape index (κ2) is 5.90. The van der Waals surface area contributed by atoms with E-state index >= 15 is 0 Å². The summed E-state index contributed by atoms with van der Waals surface area (Å²) in [6.45, 7) is 0. The van der Waals surface area contributed by atoms with Gasteiger partial charge in [0.1, 0.15) is 5.97 Å². The molecule has 1 aliphatic heterocycles. The zero-order chi connectivity index (χ0) is 19.3. The van der Waals surface area contributed by atoms with E-state index in [1.807, 2.05) is 0 Å². The van der Waals surface area contributed by atoms with Gasteiger partial charge in [0.15, 0.2) is 0 Å². The lowest BCUT2D eigenvalue weighted by atomic mass is 10.1. The van der Waals surface area contributed by atoms with E-state index in [9.17, 15) is 36.5 Å². The van der Waals surface area contributed by atoms with Gasteiger partial charge in [0.2, 0.25) is 0 Å². The number of alkyl halides is 4. The highest BCUT2D eigenvalue weighted by molar-refractivity contribution is 7.85. The van der Waals surface area contributed by atoms with Crippen molar-refractivity contribution in [2.24, 2.45) is 0 Å². The van der Waals surface area contributed by atoms with Crippen molar-refractivity contribution >= 4 is 34.1 Å². The standard InChI is InChI=1S/C16H9F4NO4S/c17-15(18,16(19,20)14(23)24)13(22)21-9-5-1-3-7-11(9)26(25)12-8-4-2-6-10(12)21/h1-8H,(H,23,24)/p-1. The zero-order valence-electron chi connectivity index (χ0n) is 12.6. The Morgan fingerprint density at radius 1 is 0.846 bits per heavy atom. The van der Waals surface area contributed by atoms with Gasteiger partial charge in [-0.15, -0.1) is 0 Å². The van der Waals surface area contributed by atoms with Crippen LogP contribution in [0.3, 0.4) is 0 Å². The summed E-state index contributed by atoms with van der Waals surface area (Å²) in [7, 11) is -1.84. The molecule has 10 heteroatoms. The van der Waals surface area contributed by atoms with Crippen LogP contribution in [0.5, 0.6) is 0 Å². The number of para-hydroxylation sites is 2. The molecular weight excluding hydrogens is 378 g/mol. The number of carbonyl (C=O) groups is 2. The van der Waals surface area contributed by atoms with Crippen LogP contribution in [-0.4, -0.2) is 27.9 Å². The highest BCUT2D eigenvalue weighted by atomic mass is 32.2. The van der Waals surface area contributed by atoms with Crippen LogP contribution >= 0.6 is 0 Å². The molecule has 1 amide bonds. The molecule has 0 saturated heterocycles. The minimum atomic E-state index is -5.73. The number of fused-ring (bicyclic) bond motifs is 2. The molecule has 3 rings (SSSR count). The number of amides is 1. The third-order valence-corrected chi connectivity index (χ3v) is 5.22. The Bertz CT molecular complexity index is 898. The van der Waals surface area contributed by atoms with Crippen LogP contribution in [-0.2, 0) is 20.4 Å². The Hall–Kier alpha value is -2.75. The van der Waals surface area contributed by atoms with Crippen molar-refractivity contribution in [3.05, 3.63) is 48.5 Å². The number of halogens is 4. The van der Waals surface area contributed by atoms with E-state index in [-0.39, 0.29) is 26.1 Å². The highest BCUT2D eigenvalue weighted by Crippen LogP contribution is 2.45. The molecule has 1 heterocycles. The molecule has 0 unspecified atom stereocenters. The van der Waals surface area contributed by atoms with Crippen LogP contribution in [0.1, 0.15) is 0 Å². The van der Waals surface area contributed by atoms with Gasteiger partial charge in [-0.3, -0.25) is 9.69 Å². The molecule has 0 N–H and O–H groups in total. The van der Waals surface area contributed by atoms with Crippen molar-refractivity contribution in [2.45, 2.75) is 21.6 Å². The van der Waals surface area contributed by atoms with Gasteiger partial charge in [0, 0.05) is 0 Å². The minimum Gasteiger partial charge on any atom is -0.544 e. The number of hydrogen-bond donors (Lipinski definition) is 0. The lowest BCUT2D eigenvalue weighted by Crippen LogP contribution is -2.60. The molecule has 0 fully saturated rings. The molecule has 1 aliphatic rings. The molecule has 0 aromatic heterocycles. The molecule has 2 aromatic carbocycles. The molecule has 0 spiro atoms. The van der Waals surface area contributed by atoms with Gasteiger partial charge >= 0.3 is 17.8 Å². The number of rotatable bonds is 3. The summed E-state index contributed by atoms with van der Waals surface area (Å²) in [5.74, 6) is -17.2. The fraction of sp³-hybridized carbons (Fsp3) is 0.125. The van der Waals surface area contributed by atoms with Crippen molar-refractivity contribution in [1.29, 1.82) is 0 Å². The van der Waals surface area contributed by atoms with Gasteiger partial charge < -0.3 is 9.90 Å². The molecule has 0 saturated carbocycles. The summed E-state index contributed by atoms with van der Waals surface area (Å²) in [5, 5.41) is 10.4. The minimum absolute atomic E-state index is 0.0490. The van der Waals surface area contributed by atoms with Crippen LogP contribution in [0.2, 0.25) is 0 Å². The first-order valence-electron chi connectivity index (χ1n) is 7.02.